The Morgan fingerprint density at radius 1 is 1.13 bits per heavy atom. The van der Waals surface area contributed by atoms with E-state index in [1.807, 2.05) is 31.2 Å². The summed E-state index contributed by atoms with van der Waals surface area (Å²) in [6.45, 7) is 1.92. The molecule has 0 bridgehead atoms. The summed E-state index contributed by atoms with van der Waals surface area (Å²) in [7, 11) is -2.09. The second-order valence-corrected chi connectivity index (χ2v) is 10.1. The molecule has 158 valence electrons. The highest BCUT2D eigenvalue weighted by molar-refractivity contribution is 7.89. The smallest absolute Gasteiger partial charge is 0.240 e. The average molecular weight is 464 g/mol. The molecule has 2 N–H and O–H groups in total. The third kappa shape index (κ3) is 5.66. The van der Waals surface area contributed by atoms with Crippen molar-refractivity contribution in [1.29, 1.82) is 0 Å². The molecule has 3 rings (SSSR count). The molecule has 2 aromatic carbocycles. The van der Waals surface area contributed by atoms with E-state index in [1.165, 1.54) is 30.5 Å². The molecule has 6 nitrogen and oxygen atoms in total. The van der Waals surface area contributed by atoms with Crippen LogP contribution in [0.4, 0.5) is 5.13 Å². The predicted molar refractivity (Wildman–Crippen MR) is 121 cm³/mol. The zero-order valence-corrected chi connectivity index (χ0v) is 19.0. The normalized spacial score (nSPS) is 11.4. The number of rotatable bonds is 8. The van der Waals surface area contributed by atoms with Crippen LogP contribution in [0, 0.1) is 6.92 Å². The number of anilines is 1. The first-order valence-electron chi connectivity index (χ1n) is 9.30. The molecule has 1 heterocycles. The number of carbonyl (C=O) groups is 1. The maximum atomic E-state index is 12.3. The summed E-state index contributed by atoms with van der Waals surface area (Å²) in [6.07, 6.45) is 1.44. The topological polar surface area (TPSA) is 88.2 Å². The number of halogens is 1. The second-order valence-electron chi connectivity index (χ2n) is 6.70. The van der Waals surface area contributed by atoms with Gasteiger partial charge in [-0.25, -0.2) is 18.1 Å². The number of amides is 1. The van der Waals surface area contributed by atoms with Gasteiger partial charge < -0.3 is 5.32 Å². The van der Waals surface area contributed by atoms with Crippen LogP contribution in [0.15, 0.2) is 53.4 Å². The SMILES string of the molecule is CNS(=O)(=O)c1ccc(CCC(=O)Nc2nc(C)c(Cc3ccccc3Cl)s2)cc1. The number of aryl methyl sites for hydroxylation is 2. The number of carbonyl (C=O) groups excluding carboxylic acids is 1. The summed E-state index contributed by atoms with van der Waals surface area (Å²) in [6, 6.07) is 14.2. The van der Waals surface area contributed by atoms with Gasteiger partial charge in [0.15, 0.2) is 5.13 Å². The molecule has 0 aliphatic heterocycles. The molecule has 0 unspecified atom stereocenters. The van der Waals surface area contributed by atoms with Gasteiger partial charge in [-0.1, -0.05) is 41.9 Å². The fourth-order valence-electron chi connectivity index (χ4n) is 2.85. The molecule has 0 saturated heterocycles. The molecule has 3 aromatic rings. The molecule has 30 heavy (non-hydrogen) atoms. The van der Waals surface area contributed by atoms with E-state index in [2.05, 4.69) is 15.0 Å². The van der Waals surface area contributed by atoms with E-state index in [-0.39, 0.29) is 17.2 Å². The van der Waals surface area contributed by atoms with Crippen molar-refractivity contribution in [3.8, 4) is 0 Å². The van der Waals surface area contributed by atoms with Crippen LogP contribution in [0.2, 0.25) is 5.02 Å². The summed E-state index contributed by atoms with van der Waals surface area (Å²) in [4.78, 5) is 18.0. The van der Waals surface area contributed by atoms with Gasteiger partial charge in [0.2, 0.25) is 15.9 Å². The van der Waals surface area contributed by atoms with Crippen LogP contribution in [-0.4, -0.2) is 26.4 Å². The van der Waals surface area contributed by atoms with Crippen molar-refractivity contribution in [2.45, 2.75) is 31.1 Å². The van der Waals surface area contributed by atoms with Crippen LogP contribution in [0.5, 0.6) is 0 Å². The summed E-state index contributed by atoms with van der Waals surface area (Å²) in [5.74, 6) is -0.139. The Hall–Kier alpha value is -2.26. The maximum absolute atomic E-state index is 12.3. The Bertz CT molecular complexity index is 1140. The van der Waals surface area contributed by atoms with E-state index < -0.39 is 10.0 Å². The molecule has 0 aliphatic rings. The van der Waals surface area contributed by atoms with Crippen molar-refractivity contribution in [3.05, 3.63) is 75.3 Å². The molecule has 0 atom stereocenters. The van der Waals surface area contributed by atoms with Gasteiger partial charge in [-0.2, -0.15) is 0 Å². The molecule has 0 aliphatic carbocycles. The third-order valence-electron chi connectivity index (χ3n) is 4.59. The quantitative estimate of drug-likeness (QED) is 0.524. The Morgan fingerprint density at radius 2 is 1.83 bits per heavy atom. The van der Waals surface area contributed by atoms with Gasteiger partial charge >= 0.3 is 0 Å². The van der Waals surface area contributed by atoms with Gasteiger partial charge in [0.1, 0.15) is 0 Å². The lowest BCUT2D eigenvalue weighted by Gasteiger charge is -2.05. The minimum Gasteiger partial charge on any atom is -0.302 e. The summed E-state index contributed by atoms with van der Waals surface area (Å²) < 4.78 is 25.8. The Balaban J connectivity index is 1.57. The van der Waals surface area contributed by atoms with Crippen molar-refractivity contribution in [2.75, 3.05) is 12.4 Å². The van der Waals surface area contributed by atoms with Crippen LogP contribution in [-0.2, 0) is 27.7 Å². The van der Waals surface area contributed by atoms with E-state index in [1.54, 1.807) is 12.1 Å². The molecule has 0 radical (unpaired) electrons. The molecule has 0 fully saturated rings. The van der Waals surface area contributed by atoms with Crippen LogP contribution < -0.4 is 10.0 Å². The standard InChI is InChI=1S/C21H22ClN3O3S2/c1-14-19(13-16-5-3-4-6-18(16)22)29-21(24-14)25-20(26)12-9-15-7-10-17(11-8-15)30(27,28)23-2/h3-8,10-11,23H,9,12-13H2,1-2H3,(H,24,25,26). The van der Waals surface area contributed by atoms with Gasteiger partial charge in [0.25, 0.3) is 0 Å². The number of benzene rings is 2. The molecule has 0 spiro atoms. The highest BCUT2D eigenvalue weighted by Crippen LogP contribution is 2.27. The fraction of sp³-hybridized carbons (Fsp3) is 0.238. The van der Waals surface area contributed by atoms with E-state index in [9.17, 15) is 13.2 Å². The Morgan fingerprint density at radius 3 is 2.50 bits per heavy atom. The lowest BCUT2D eigenvalue weighted by molar-refractivity contribution is -0.116. The monoisotopic (exact) mass is 463 g/mol. The van der Waals surface area contributed by atoms with Crippen LogP contribution in [0.3, 0.4) is 0 Å². The lowest BCUT2D eigenvalue weighted by atomic mass is 10.1. The number of nitrogens with one attached hydrogen (secondary N) is 2. The van der Waals surface area contributed by atoms with Gasteiger partial charge in [-0.15, -0.1) is 11.3 Å². The number of nitrogens with zero attached hydrogens (tertiary/aromatic N) is 1. The van der Waals surface area contributed by atoms with Gasteiger partial charge in [0.05, 0.1) is 10.6 Å². The highest BCUT2D eigenvalue weighted by atomic mass is 35.5. The fourth-order valence-corrected chi connectivity index (χ4v) is 4.79. The van der Waals surface area contributed by atoms with Gasteiger partial charge in [0, 0.05) is 22.7 Å². The minimum atomic E-state index is -3.46. The first-order valence-corrected chi connectivity index (χ1v) is 12.0. The molecule has 0 saturated carbocycles. The largest absolute Gasteiger partial charge is 0.302 e. The van der Waals surface area contributed by atoms with Crippen molar-refractivity contribution in [1.82, 2.24) is 9.71 Å². The van der Waals surface area contributed by atoms with Gasteiger partial charge in [-0.05, 0) is 49.7 Å². The Kier molecular flexibility index (Phi) is 7.25. The van der Waals surface area contributed by atoms with Crippen molar-refractivity contribution >= 4 is 44.0 Å². The molecule has 1 amide bonds. The first kappa shape index (κ1) is 22.4. The van der Waals surface area contributed by atoms with Crippen molar-refractivity contribution < 1.29 is 13.2 Å². The van der Waals surface area contributed by atoms with Gasteiger partial charge in [-0.3, -0.25) is 4.79 Å². The number of hydrogen-bond donors (Lipinski definition) is 2. The van der Waals surface area contributed by atoms with E-state index in [4.69, 9.17) is 11.6 Å². The van der Waals surface area contributed by atoms with Crippen molar-refractivity contribution in [2.24, 2.45) is 0 Å². The zero-order chi connectivity index (χ0) is 21.7. The molecule has 9 heteroatoms. The Labute approximate surface area is 185 Å². The van der Waals surface area contributed by atoms with E-state index >= 15 is 0 Å². The average Bonchev–Trinajstić information content (AvgIpc) is 3.07. The number of thiazole rings is 1. The number of hydrogen-bond acceptors (Lipinski definition) is 5. The summed E-state index contributed by atoms with van der Waals surface area (Å²) >= 11 is 7.68. The lowest BCUT2D eigenvalue weighted by Crippen LogP contribution is -2.18. The minimum absolute atomic E-state index is 0.139. The number of aromatic nitrogens is 1. The predicted octanol–water partition coefficient (Wildman–Crippen LogP) is 4.18. The summed E-state index contributed by atoms with van der Waals surface area (Å²) in [5.41, 5.74) is 2.78. The van der Waals surface area contributed by atoms with Crippen LogP contribution >= 0.6 is 22.9 Å². The molecular formula is C21H22ClN3O3S2. The molecule has 1 aromatic heterocycles. The maximum Gasteiger partial charge on any atom is 0.240 e. The van der Waals surface area contributed by atoms with E-state index in [0.29, 0.717) is 23.0 Å². The third-order valence-corrected chi connectivity index (χ3v) is 7.46. The number of sulfonamides is 1. The van der Waals surface area contributed by atoms with E-state index in [0.717, 1.165) is 21.7 Å². The van der Waals surface area contributed by atoms with Crippen LogP contribution in [0.25, 0.3) is 0 Å². The van der Waals surface area contributed by atoms with Crippen LogP contribution in [0.1, 0.15) is 28.1 Å². The zero-order valence-electron chi connectivity index (χ0n) is 16.6. The highest BCUT2D eigenvalue weighted by Gasteiger charge is 2.13. The second kappa shape index (κ2) is 9.70. The first-order chi connectivity index (χ1) is 14.3. The summed E-state index contributed by atoms with van der Waals surface area (Å²) in [5, 5.41) is 4.13. The van der Waals surface area contributed by atoms with Crippen molar-refractivity contribution in [3.63, 3.8) is 0 Å². The molecular weight excluding hydrogens is 442 g/mol.